The van der Waals surface area contributed by atoms with E-state index in [1.807, 2.05) is 11.6 Å². The summed E-state index contributed by atoms with van der Waals surface area (Å²) in [5.74, 6) is 1.89. The SMILES string of the molecule is CCn1cnnc1CNC1=NCCN1C.I. The molecule has 16 heavy (non-hydrogen) atoms. The van der Waals surface area contributed by atoms with Crippen molar-refractivity contribution in [1.82, 2.24) is 25.0 Å². The van der Waals surface area contributed by atoms with Crippen LogP contribution in [0.4, 0.5) is 0 Å². The van der Waals surface area contributed by atoms with Gasteiger partial charge in [0.1, 0.15) is 6.33 Å². The van der Waals surface area contributed by atoms with E-state index in [9.17, 15) is 0 Å². The minimum absolute atomic E-state index is 0. The highest BCUT2D eigenvalue weighted by atomic mass is 127. The molecule has 7 heteroatoms. The van der Waals surface area contributed by atoms with Gasteiger partial charge < -0.3 is 14.8 Å². The zero-order chi connectivity index (χ0) is 10.7. The van der Waals surface area contributed by atoms with Gasteiger partial charge in [-0.25, -0.2) is 0 Å². The van der Waals surface area contributed by atoms with Gasteiger partial charge in [-0.2, -0.15) is 0 Å². The molecule has 0 radical (unpaired) electrons. The molecule has 0 saturated carbocycles. The van der Waals surface area contributed by atoms with Crippen molar-refractivity contribution < 1.29 is 0 Å². The van der Waals surface area contributed by atoms with Gasteiger partial charge in [0.05, 0.1) is 13.1 Å². The van der Waals surface area contributed by atoms with Crippen LogP contribution in [0.15, 0.2) is 11.3 Å². The maximum absolute atomic E-state index is 4.35. The van der Waals surface area contributed by atoms with Crippen LogP contribution in [0.25, 0.3) is 0 Å². The number of nitrogens with zero attached hydrogens (tertiary/aromatic N) is 5. The fourth-order valence-corrected chi connectivity index (χ4v) is 1.56. The Morgan fingerprint density at radius 1 is 1.50 bits per heavy atom. The number of hydrogen-bond acceptors (Lipinski definition) is 5. The summed E-state index contributed by atoms with van der Waals surface area (Å²) >= 11 is 0. The molecule has 0 aromatic carbocycles. The first-order chi connectivity index (χ1) is 7.31. The maximum atomic E-state index is 4.35. The van der Waals surface area contributed by atoms with Gasteiger partial charge >= 0.3 is 0 Å². The summed E-state index contributed by atoms with van der Waals surface area (Å²) in [6.45, 7) is 5.51. The lowest BCUT2D eigenvalue weighted by molar-refractivity contribution is 0.529. The Morgan fingerprint density at radius 2 is 2.31 bits per heavy atom. The molecule has 1 N–H and O–H groups in total. The number of halogens is 1. The van der Waals surface area contributed by atoms with Gasteiger partial charge in [0.2, 0.25) is 0 Å². The van der Waals surface area contributed by atoms with Crippen LogP contribution in [0, 0.1) is 0 Å². The number of rotatable bonds is 3. The lowest BCUT2D eigenvalue weighted by Gasteiger charge is -2.14. The minimum Gasteiger partial charge on any atom is -0.349 e. The Hall–Kier alpha value is -0.860. The van der Waals surface area contributed by atoms with Crippen molar-refractivity contribution in [3.05, 3.63) is 12.2 Å². The Morgan fingerprint density at radius 3 is 2.94 bits per heavy atom. The van der Waals surface area contributed by atoms with Gasteiger partial charge in [0, 0.05) is 20.1 Å². The molecule has 0 saturated heterocycles. The fourth-order valence-electron chi connectivity index (χ4n) is 1.56. The lowest BCUT2D eigenvalue weighted by atomic mass is 10.5. The molecular weight excluding hydrogens is 319 g/mol. The average Bonchev–Trinajstić information content (AvgIpc) is 2.83. The Balaban J connectivity index is 0.00000128. The zero-order valence-electron chi connectivity index (χ0n) is 9.55. The van der Waals surface area contributed by atoms with Gasteiger partial charge in [-0.05, 0) is 6.92 Å². The third kappa shape index (κ3) is 2.83. The Bertz CT molecular complexity index is 361. The Labute approximate surface area is 112 Å². The number of aliphatic imine (C=N–C) groups is 1. The summed E-state index contributed by atoms with van der Waals surface area (Å²) < 4.78 is 2.02. The number of hydrogen-bond donors (Lipinski definition) is 1. The van der Waals surface area contributed by atoms with Crippen LogP contribution in [0.1, 0.15) is 12.7 Å². The molecule has 0 unspecified atom stereocenters. The van der Waals surface area contributed by atoms with E-state index >= 15 is 0 Å². The standard InChI is InChI=1S/C9H16N6.HI/c1-3-15-7-12-13-8(15)6-11-9-10-4-5-14(9)2;/h7H,3-6H2,1-2H3,(H,10,11);1H. The normalized spacial score (nSPS) is 14.6. The predicted molar refractivity (Wildman–Crippen MR) is 72.9 cm³/mol. The van der Waals surface area contributed by atoms with Crippen LogP contribution < -0.4 is 5.32 Å². The minimum atomic E-state index is 0. The zero-order valence-corrected chi connectivity index (χ0v) is 11.9. The van der Waals surface area contributed by atoms with Crippen LogP contribution in [0.2, 0.25) is 0 Å². The van der Waals surface area contributed by atoms with E-state index in [2.05, 4.69) is 32.3 Å². The highest BCUT2D eigenvalue weighted by Gasteiger charge is 2.12. The van der Waals surface area contributed by atoms with Gasteiger partial charge in [-0.15, -0.1) is 34.2 Å². The first-order valence-corrected chi connectivity index (χ1v) is 5.17. The molecule has 6 nitrogen and oxygen atoms in total. The smallest absolute Gasteiger partial charge is 0.194 e. The van der Waals surface area contributed by atoms with Gasteiger partial charge in [0.25, 0.3) is 0 Å². The van der Waals surface area contributed by atoms with E-state index in [0.29, 0.717) is 6.54 Å². The molecule has 1 aromatic heterocycles. The van der Waals surface area contributed by atoms with E-state index in [0.717, 1.165) is 31.4 Å². The molecule has 0 amide bonds. The molecule has 2 rings (SSSR count). The van der Waals surface area contributed by atoms with Gasteiger partial charge in [-0.3, -0.25) is 4.99 Å². The monoisotopic (exact) mass is 336 g/mol. The molecule has 0 atom stereocenters. The van der Waals surface area contributed by atoms with Crippen LogP contribution in [0.5, 0.6) is 0 Å². The summed E-state index contributed by atoms with van der Waals surface area (Å²) in [5.41, 5.74) is 0. The summed E-state index contributed by atoms with van der Waals surface area (Å²) in [6.07, 6.45) is 1.75. The molecule has 0 spiro atoms. The number of likely N-dealkylation sites (N-methyl/N-ethyl adjacent to an activating group) is 1. The molecule has 0 bridgehead atoms. The van der Waals surface area contributed by atoms with E-state index in [1.165, 1.54) is 0 Å². The lowest BCUT2D eigenvalue weighted by Crippen LogP contribution is -2.35. The largest absolute Gasteiger partial charge is 0.349 e. The maximum Gasteiger partial charge on any atom is 0.194 e. The molecule has 2 heterocycles. The second-order valence-corrected chi connectivity index (χ2v) is 3.51. The van der Waals surface area contributed by atoms with Crippen molar-refractivity contribution in [3.8, 4) is 0 Å². The van der Waals surface area contributed by atoms with E-state index < -0.39 is 0 Å². The Kier molecular flexibility index (Phi) is 4.97. The fraction of sp³-hybridized carbons (Fsp3) is 0.667. The van der Waals surface area contributed by atoms with Crippen molar-refractivity contribution in [1.29, 1.82) is 0 Å². The van der Waals surface area contributed by atoms with Crippen molar-refractivity contribution in [3.63, 3.8) is 0 Å². The van der Waals surface area contributed by atoms with Crippen LogP contribution in [0.3, 0.4) is 0 Å². The average molecular weight is 336 g/mol. The summed E-state index contributed by atoms with van der Waals surface area (Å²) in [6, 6.07) is 0. The molecule has 1 aliphatic rings. The summed E-state index contributed by atoms with van der Waals surface area (Å²) in [5, 5.41) is 11.2. The summed E-state index contributed by atoms with van der Waals surface area (Å²) in [7, 11) is 2.03. The second kappa shape index (κ2) is 6.02. The number of nitrogens with one attached hydrogen (secondary N) is 1. The topological polar surface area (TPSA) is 58.3 Å². The van der Waals surface area contributed by atoms with E-state index in [1.54, 1.807) is 6.33 Å². The van der Waals surface area contributed by atoms with Gasteiger partial charge in [-0.1, -0.05) is 0 Å². The third-order valence-corrected chi connectivity index (χ3v) is 2.50. The number of guanidine groups is 1. The second-order valence-electron chi connectivity index (χ2n) is 3.51. The third-order valence-electron chi connectivity index (χ3n) is 2.50. The van der Waals surface area contributed by atoms with Crippen LogP contribution in [-0.2, 0) is 13.1 Å². The summed E-state index contributed by atoms with van der Waals surface area (Å²) in [4.78, 5) is 6.45. The van der Waals surface area contributed by atoms with E-state index in [4.69, 9.17) is 0 Å². The van der Waals surface area contributed by atoms with Crippen LogP contribution >= 0.6 is 24.0 Å². The number of aromatic nitrogens is 3. The highest BCUT2D eigenvalue weighted by Crippen LogP contribution is 1.98. The molecule has 0 aliphatic carbocycles. The predicted octanol–water partition coefficient (Wildman–Crippen LogP) is 0.307. The molecule has 1 aliphatic heterocycles. The first-order valence-electron chi connectivity index (χ1n) is 5.17. The van der Waals surface area contributed by atoms with Crippen molar-refractivity contribution in [2.24, 2.45) is 4.99 Å². The van der Waals surface area contributed by atoms with Crippen LogP contribution in [-0.4, -0.2) is 45.8 Å². The highest BCUT2D eigenvalue weighted by molar-refractivity contribution is 14.0. The molecule has 0 fully saturated rings. The molecule has 90 valence electrons. The van der Waals surface area contributed by atoms with Crippen molar-refractivity contribution in [2.75, 3.05) is 20.1 Å². The van der Waals surface area contributed by atoms with Gasteiger partial charge in [0.15, 0.2) is 11.8 Å². The molecular formula is C9H17IN6. The van der Waals surface area contributed by atoms with E-state index in [-0.39, 0.29) is 24.0 Å². The molecule has 1 aromatic rings. The first kappa shape index (κ1) is 13.2. The number of aryl methyl sites for hydroxylation is 1. The van der Waals surface area contributed by atoms with Crippen molar-refractivity contribution >= 4 is 29.9 Å². The quantitative estimate of drug-likeness (QED) is 0.807. The van der Waals surface area contributed by atoms with Crippen molar-refractivity contribution in [2.45, 2.75) is 20.0 Å².